The number of nitrogens with one attached hydrogen (secondary N) is 1. The summed E-state index contributed by atoms with van der Waals surface area (Å²) in [6.45, 7) is 4.24. The molecule has 0 spiro atoms. The summed E-state index contributed by atoms with van der Waals surface area (Å²) >= 11 is 0. The maximum absolute atomic E-state index is 11.6. The van der Waals surface area contributed by atoms with Crippen LogP contribution in [0, 0.1) is 11.8 Å². The van der Waals surface area contributed by atoms with Gasteiger partial charge in [0.25, 0.3) is 0 Å². The Bertz CT molecular complexity index is 210. The first-order valence-electron chi connectivity index (χ1n) is 6.54. The predicted molar refractivity (Wildman–Crippen MR) is 65.0 cm³/mol. The number of aliphatic hydroxyl groups excluding tert-OH is 1. The molecule has 1 rings (SSSR count). The molecule has 0 aromatic heterocycles. The Labute approximate surface area is 98.6 Å². The maximum atomic E-state index is 11.6. The summed E-state index contributed by atoms with van der Waals surface area (Å²) in [6, 6.07) is 0. The molecular weight excluding hydrogens is 202 g/mol. The van der Waals surface area contributed by atoms with Crippen molar-refractivity contribution in [1.82, 2.24) is 5.32 Å². The van der Waals surface area contributed by atoms with E-state index >= 15 is 0 Å². The Morgan fingerprint density at radius 3 is 2.50 bits per heavy atom. The molecule has 3 nitrogen and oxygen atoms in total. The minimum atomic E-state index is -0.450. The van der Waals surface area contributed by atoms with Gasteiger partial charge in [-0.25, -0.2) is 0 Å². The smallest absolute Gasteiger partial charge is 0.220 e. The molecule has 16 heavy (non-hydrogen) atoms. The largest absolute Gasteiger partial charge is 0.392 e. The average molecular weight is 227 g/mol. The molecule has 2 atom stereocenters. The van der Waals surface area contributed by atoms with Crippen LogP contribution in [0.4, 0.5) is 0 Å². The van der Waals surface area contributed by atoms with Gasteiger partial charge < -0.3 is 10.4 Å². The van der Waals surface area contributed by atoms with E-state index in [9.17, 15) is 4.79 Å². The van der Waals surface area contributed by atoms with Crippen LogP contribution < -0.4 is 5.32 Å². The molecule has 1 amide bonds. The molecule has 0 bridgehead atoms. The Balaban J connectivity index is 2.21. The fourth-order valence-electron chi connectivity index (χ4n) is 2.50. The summed E-state index contributed by atoms with van der Waals surface area (Å²) in [5, 5.41) is 11.8. The van der Waals surface area contributed by atoms with Gasteiger partial charge in [0.05, 0.1) is 6.10 Å². The number of aliphatic hydroxyl groups is 1. The molecule has 1 fully saturated rings. The minimum Gasteiger partial charge on any atom is -0.392 e. The van der Waals surface area contributed by atoms with Crippen molar-refractivity contribution in [2.24, 2.45) is 11.8 Å². The number of amides is 1. The van der Waals surface area contributed by atoms with Gasteiger partial charge in [0.2, 0.25) is 5.91 Å². The van der Waals surface area contributed by atoms with Gasteiger partial charge in [-0.2, -0.15) is 0 Å². The third kappa shape index (κ3) is 4.97. The van der Waals surface area contributed by atoms with Crippen molar-refractivity contribution in [2.45, 2.75) is 58.5 Å². The zero-order chi connectivity index (χ0) is 12.0. The molecule has 0 saturated heterocycles. The van der Waals surface area contributed by atoms with Crippen LogP contribution in [0.25, 0.3) is 0 Å². The number of carbonyl (C=O) groups is 1. The van der Waals surface area contributed by atoms with Gasteiger partial charge in [-0.3, -0.25) is 4.79 Å². The van der Waals surface area contributed by atoms with E-state index in [2.05, 4.69) is 12.2 Å². The lowest BCUT2D eigenvalue weighted by Gasteiger charge is -2.27. The van der Waals surface area contributed by atoms with Gasteiger partial charge in [-0.05, 0) is 18.8 Å². The number of hydrogen-bond donors (Lipinski definition) is 2. The van der Waals surface area contributed by atoms with Crippen LogP contribution in [-0.4, -0.2) is 23.7 Å². The van der Waals surface area contributed by atoms with Crippen molar-refractivity contribution in [3.8, 4) is 0 Å². The highest BCUT2D eigenvalue weighted by Crippen LogP contribution is 2.31. The molecule has 0 aromatic carbocycles. The normalized spacial score (nSPS) is 21.4. The number of carbonyl (C=O) groups excluding carboxylic acids is 1. The van der Waals surface area contributed by atoms with E-state index in [1.165, 1.54) is 32.1 Å². The molecule has 0 unspecified atom stereocenters. The molecular formula is C13H25NO2. The lowest BCUT2D eigenvalue weighted by Crippen LogP contribution is -2.32. The summed E-state index contributed by atoms with van der Waals surface area (Å²) in [4.78, 5) is 11.6. The molecule has 3 heteroatoms. The van der Waals surface area contributed by atoms with Crippen LogP contribution in [0.1, 0.15) is 52.4 Å². The fraction of sp³-hybridized carbons (Fsp3) is 0.923. The van der Waals surface area contributed by atoms with Gasteiger partial charge >= 0.3 is 0 Å². The molecule has 1 aliphatic rings. The minimum absolute atomic E-state index is 0.0824. The van der Waals surface area contributed by atoms with Crippen LogP contribution >= 0.6 is 0 Å². The zero-order valence-corrected chi connectivity index (χ0v) is 10.5. The van der Waals surface area contributed by atoms with E-state index in [0.29, 0.717) is 18.9 Å². The Hall–Kier alpha value is -0.570. The van der Waals surface area contributed by atoms with Crippen LogP contribution in [0.15, 0.2) is 0 Å². The summed E-state index contributed by atoms with van der Waals surface area (Å²) in [6.07, 6.45) is 6.73. The van der Waals surface area contributed by atoms with Crippen molar-refractivity contribution in [3.05, 3.63) is 0 Å². The van der Waals surface area contributed by atoms with Gasteiger partial charge in [0.1, 0.15) is 0 Å². The topological polar surface area (TPSA) is 49.3 Å². The first-order chi connectivity index (χ1) is 7.59. The van der Waals surface area contributed by atoms with Gasteiger partial charge in [-0.15, -0.1) is 0 Å². The van der Waals surface area contributed by atoms with E-state index in [4.69, 9.17) is 5.11 Å². The van der Waals surface area contributed by atoms with E-state index in [1.54, 1.807) is 6.92 Å². The van der Waals surface area contributed by atoms with Gasteiger partial charge in [-0.1, -0.05) is 39.0 Å². The second-order valence-corrected chi connectivity index (χ2v) is 5.23. The van der Waals surface area contributed by atoms with Crippen molar-refractivity contribution in [1.29, 1.82) is 0 Å². The fourth-order valence-corrected chi connectivity index (χ4v) is 2.50. The molecule has 1 saturated carbocycles. The second-order valence-electron chi connectivity index (χ2n) is 5.23. The Morgan fingerprint density at radius 1 is 1.31 bits per heavy atom. The monoisotopic (exact) mass is 227 g/mol. The van der Waals surface area contributed by atoms with Crippen molar-refractivity contribution < 1.29 is 9.90 Å². The summed E-state index contributed by atoms with van der Waals surface area (Å²) < 4.78 is 0. The van der Waals surface area contributed by atoms with Crippen molar-refractivity contribution in [2.75, 3.05) is 6.54 Å². The molecule has 0 aliphatic heterocycles. The maximum Gasteiger partial charge on any atom is 0.220 e. The average Bonchev–Trinajstić information content (AvgIpc) is 2.27. The third-order valence-corrected chi connectivity index (χ3v) is 3.56. The van der Waals surface area contributed by atoms with Crippen LogP contribution in [-0.2, 0) is 4.79 Å². The SMILES string of the molecule is C[C@H](O)CNC(=O)C[C@H](C)C1CCCCC1. The zero-order valence-electron chi connectivity index (χ0n) is 10.5. The van der Waals surface area contributed by atoms with E-state index in [1.807, 2.05) is 0 Å². The van der Waals surface area contributed by atoms with Crippen molar-refractivity contribution >= 4 is 5.91 Å². The Morgan fingerprint density at radius 2 is 1.94 bits per heavy atom. The standard InChI is InChI=1S/C13H25NO2/c1-10(12-6-4-3-5-7-12)8-13(16)14-9-11(2)15/h10-12,15H,3-9H2,1-2H3,(H,14,16)/t10-,11-/m0/s1. The van der Waals surface area contributed by atoms with Crippen molar-refractivity contribution in [3.63, 3.8) is 0 Å². The molecule has 0 heterocycles. The predicted octanol–water partition coefficient (Wildman–Crippen LogP) is 2.09. The van der Waals surface area contributed by atoms with E-state index in [0.717, 1.165) is 5.92 Å². The molecule has 1 aliphatic carbocycles. The highest BCUT2D eigenvalue weighted by Gasteiger charge is 2.21. The lowest BCUT2D eigenvalue weighted by atomic mass is 9.79. The Kier molecular flexibility index (Phi) is 5.81. The highest BCUT2D eigenvalue weighted by atomic mass is 16.3. The highest BCUT2D eigenvalue weighted by molar-refractivity contribution is 5.76. The lowest BCUT2D eigenvalue weighted by molar-refractivity contribution is -0.122. The number of hydrogen-bond acceptors (Lipinski definition) is 2. The van der Waals surface area contributed by atoms with Gasteiger partial charge in [0, 0.05) is 13.0 Å². The first-order valence-corrected chi connectivity index (χ1v) is 6.54. The summed E-state index contributed by atoms with van der Waals surface area (Å²) in [5.74, 6) is 1.29. The van der Waals surface area contributed by atoms with Gasteiger partial charge in [0.15, 0.2) is 0 Å². The number of rotatable bonds is 5. The summed E-state index contributed by atoms with van der Waals surface area (Å²) in [5.41, 5.74) is 0. The molecule has 0 radical (unpaired) electrons. The third-order valence-electron chi connectivity index (χ3n) is 3.56. The van der Waals surface area contributed by atoms with Crippen LogP contribution in [0.2, 0.25) is 0 Å². The second kappa shape index (κ2) is 6.89. The van der Waals surface area contributed by atoms with Crippen LogP contribution in [0.3, 0.4) is 0 Å². The molecule has 2 N–H and O–H groups in total. The first kappa shape index (κ1) is 13.5. The van der Waals surface area contributed by atoms with E-state index in [-0.39, 0.29) is 5.91 Å². The van der Waals surface area contributed by atoms with E-state index < -0.39 is 6.10 Å². The quantitative estimate of drug-likeness (QED) is 0.755. The molecule has 0 aromatic rings. The molecule has 94 valence electrons. The summed E-state index contributed by atoms with van der Waals surface area (Å²) in [7, 11) is 0. The van der Waals surface area contributed by atoms with Crippen LogP contribution in [0.5, 0.6) is 0 Å².